The number of ether oxygens (including phenoxy) is 1. The molecule has 0 aliphatic carbocycles. The maximum Gasteiger partial charge on any atom is 0.299 e. The normalized spacial score (nSPS) is 14.0. The first-order valence-electron chi connectivity index (χ1n) is 5.21. The van der Waals surface area contributed by atoms with Crippen molar-refractivity contribution >= 4 is 23.2 Å². The minimum absolute atomic E-state index is 0.117. The van der Waals surface area contributed by atoms with Gasteiger partial charge in [-0.25, -0.2) is 4.39 Å². The number of benzene rings is 1. The molecule has 0 atom stereocenters. The van der Waals surface area contributed by atoms with E-state index in [4.69, 9.17) is 0 Å². The molecular formula is C12H10FNO4. The van der Waals surface area contributed by atoms with Crippen LogP contribution in [-0.4, -0.2) is 37.7 Å². The third kappa shape index (κ3) is 2.02. The Balaban J connectivity index is 2.33. The van der Waals surface area contributed by atoms with Crippen LogP contribution in [0.2, 0.25) is 0 Å². The van der Waals surface area contributed by atoms with Gasteiger partial charge in [-0.1, -0.05) is 0 Å². The number of ketones is 2. The number of nitrogens with zero attached hydrogens (tertiary/aromatic N) is 1. The number of Topliss-reactive ketones (excluding diaryl/α,β-unsaturated/α-hetero) is 2. The van der Waals surface area contributed by atoms with Crippen molar-refractivity contribution in [2.24, 2.45) is 0 Å². The molecule has 1 amide bonds. The second kappa shape index (κ2) is 4.66. The van der Waals surface area contributed by atoms with Crippen molar-refractivity contribution < 1.29 is 23.5 Å². The Labute approximate surface area is 102 Å². The van der Waals surface area contributed by atoms with Gasteiger partial charge < -0.3 is 4.74 Å². The van der Waals surface area contributed by atoms with Crippen molar-refractivity contribution in [3.63, 3.8) is 0 Å². The summed E-state index contributed by atoms with van der Waals surface area (Å²) >= 11 is 0. The van der Waals surface area contributed by atoms with Gasteiger partial charge in [0.15, 0.2) is 5.78 Å². The quantitative estimate of drug-likeness (QED) is 0.734. The van der Waals surface area contributed by atoms with E-state index >= 15 is 0 Å². The molecule has 1 aromatic carbocycles. The van der Waals surface area contributed by atoms with Gasteiger partial charge in [0.25, 0.3) is 11.7 Å². The molecule has 0 N–H and O–H groups in total. The molecule has 6 heteroatoms. The number of carbonyl (C=O) groups is 3. The van der Waals surface area contributed by atoms with Crippen molar-refractivity contribution in [1.29, 1.82) is 0 Å². The fraction of sp³-hybridized carbons (Fsp3) is 0.250. The topological polar surface area (TPSA) is 63.7 Å². The van der Waals surface area contributed by atoms with E-state index in [1.54, 1.807) is 0 Å². The van der Waals surface area contributed by atoms with Crippen LogP contribution < -0.4 is 4.90 Å². The summed E-state index contributed by atoms with van der Waals surface area (Å²) in [6, 6.07) is 3.41. The lowest BCUT2D eigenvalue weighted by molar-refractivity contribution is -0.123. The number of hydrogen-bond acceptors (Lipinski definition) is 4. The monoisotopic (exact) mass is 251 g/mol. The number of fused-ring (bicyclic) bond motifs is 1. The summed E-state index contributed by atoms with van der Waals surface area (Å²) < 4.78 is 17.8. The van der Waals surface area contributed by atoms with Crippen molar-refractivity contribution in [1.82, 2.24) is 0 Å². The van der Waals surface area contributed by atoms with Crippen molar-refractivity contribution in [3.8, 4) is 0 Å². The molecule has 0 saturated heterocycles. The second-order valence-electron chi connectivity index (χ2n) is 3.85. The van der Waals surface area contributed by atoms with Gasteiger partial charge in [0.05, 0.1) is 17.8 Å². The fourth-order valence-electron chi connectivity index (χ4n) is 1.81. The summed E-state index contributed by atoms with van der Waals surface area (Å²) in [5.41, 5.74) is 0.251. The maximum atomic E-state index is 13.1. The zero-order chi connectivity index (χ0) is 13.3. The van der Waals surface area contributed by atoms with Gasteiger partial charge in [0.2, 0.25) is 0 Å². The van der Waals surface area contributed by atoms with E-state index in [2.05, 4.69) is 4.74 Å². The average Bonchev–Trinajstić information content (AvgIpc) is 2.55. The van der Waals surface area contributed by atoms with Crippen molar-refractivity contribution in [2.75, 3.05) is 25.2 Å². The van der Waals surface area contributed by atoms with E-state index in [1.807, 2.05) is 0 Å². The molecule has 1 aliphatic rings. The molecule has 1 aromatic rings. The lowest BCUT2D eigenvalue weighted by atomic mass is 10.1. The van der Waals surface area contributed by atoms with Crippen molar-refractivity contribution in [2.45, 2.75) is 0 Å². The molecule has 94 valence electrons. The Kier molecular flexibility index (Phi) is 3.20. The van der Waals surface area contributed by atoms with Crippen LogP contribution in [0, 0.1) is 5.82 Å². The minimum atomic E-state index is -0.819. The third-order valence-electron chi connectivity index (χ3n) is 2.57. The number of rotatable bonds is 4. The predicted octanol–water partition coefficient (Wildman–Crippen LogP) is 0.570. The first kappa shape index (κ1) is 12.4. The number of hydrogen-bond donors (Lipinski definition) is 0. The van der Waals surface area contributed by atoms with Crippen LogP contribution >= 0.6 is 0 Å². The van der Waals surface area contributed by atoms with Gasteiger partial charge in [-0.3, -0.25) is 19.3 Å². The molecule has 0 bridgehead atoms. The van der Waals surface area contributed by atoms with E-state index in [0.717, 1.165) is 17.0 Å². The summed E-state index contributed by atoms with van der Waals surface area (Å²) in [6.07, 6.45) is 0. The standard InChI is InChI=1S/C12H10FNO4/c1-18-6-8(15)5-14-10-4-7(13)2-3-9(10)11(16)12(14)17/h2-4H,5-6H2,1H3. The fourth-order valence-corrected chi connectivity index (χ4v) is 1.81. The second-order valence-corrected chi connectivity index (χ2v) is 3.85. The largest absolute Gasteiger partial charge is 0.377 e. The maximum absolute atomic E-state index is 13.1. The number of carbonyl (C=O) groups excluding carboxylic acids is 3. The highest BCUT2D eigenvalue weighted by Crippen LogP contribution is 2.29. The van der Waals surface area contributed by atoms with Crippen LogP contribution in [0.4, 0.5) is 10.1 Å². The SMILES string of the molecule is COCC(=O)CN1C(=O)C(=O)c2ccc(F)cc21. The highest BCUT2D eigenvalue weighted by Gasteiger charge is 2.36. The lowest BCUT2D eigenvalue weighted by Gasteiger charge is -2.15. The van der Waals surface area contributed by atoms with E-state index in [0.29, 0.717) is 0 Å². The summed E-state index contributed by atoms with van der Waals surface area (Å²) in [5.74, 6) is -2.48. The summed E-state index contributed by atoms with van der Waals surface area (Å²) in [6.45, 7) is -0.461. The number of amides is 1. The zero-order valence-electron chi connectivity index (χ0n) is 9.60. The number of anilines is 1. The number of halogens is 1. The van der Waals surface area contributed by atoms with Crippen LogP contribution in [0.15, 0.2) is 18.2 Å². The third-order valence-corrected chi connectivity index (χ3v) is 2.57. The van der Waals surface area contributed by atoms with E-state index in [-0.39, 0.29) is 30.2 Å². The molecule has 5 nitrogen and oxygen atoms in total. The van der Waals surface area contributed by atoms with Crippen LogP contribution in [0.3, 0.4) is 0 Å². The first-order chi connectivity index (χ1) is 8.54. The number of methoxy groups -OCH3 is 1. The Morgan fingerprint density at radius 1 is 1.39 bits per heavy atom. The van der Waals surface area contributed by atoms with E-state index in [9.17, 15) is 18.8 Å². The molecule has 0 unspecified atom stereocenters. The summed E-state index contributed by atoms with van der Waals surface area (Å²) in [7, 11) is 1.35. The Morgan fingerprint density at radius 3 is 2.78 bits per heavy atom. The molecular weight excluding hydrogens is 241 g/mol. The van der Waals surface area contributed by atoms with Crippen LogP contribution in [-0.2, 0) is 14.3 Å². The average molecular weight is 251 g/mol. The Bertz CT molecular complexity index is 541. The molecule has 1 heterocycles. The smallest absolute Gasteiger partial charge is 0.299 e. The van der Waals surface area contributed by atoms with E-state index in [1.165, 1.54) is 13.2 Å². The van der Waals surface area contributed by atoms with Gasteiger partial charge in [-0.15, -0.1) is 0 Å². The highest BCUT2D eigenvalue weighted by molar-refractivity contribution is 6.52. The molecule has 2 rings (SSSR count). The van der Waals surface area contributed by atoms with E-state index < -0.39 is 17.5 Å². The first-order valence-corrected chi connectivity index (χ1v) is 5.21. The predicted molar refractivity (Wildman–Crippen MR) is 60.0 cm³/mol. The van der Waals surface area contributed by atoms with Crippen LogP contribution in [0.5, 0.6) is 0 Å². The molecule has 0 radical (unpaired) electrons. The van der Waals surface area contributed by atoms with Gasteiger partial charge in [0.1, 0.15) is 12.4 Å². The van der Waals surface area contributed by atoms with Crippen LogP contribution in [0.1, 0.15) is 10.4 Å². The highest BCUT2D eigenvalue weighted by atomic mass is 19.1. The molecule has 0 fully saturated rings. The Morgan fingerprint density at radius 2 is 2.11 bits per heavy atom. The lowest BCUT2D eigenvalue weighted by Crippen LogP contribution is -2.35. The zero-order valence-corrected chi connectivity index (χ0v) is 9.60. The molecule has 0 saturated carbocycles. The molecule has 0 aromatic heterocycles. The summed E-state index contributed by atoms with van der Waals surface area (Å²) in [5, 5.41) is 0. The summed E-state index contributed by atoms with van der Waals surface area (Å²) in [4.78, 5) is 35.7. The van der Waals surface area contributed by atoms with Gasteiger partial charge in [-0.05, 0) is 18.2 Å². The Hall–Kier alpha value is -2.08. The molecule has 0 spiro atoms. The van der Waals surface area contributed by atoms with Crippen molar-refractivity contribution in [3.05, 3.63) is 29.6 Å². The van der Waals surface area contributed by atoms with Gasteiger partial charge in [-0.2, -0.15) is 0 Å². The van der Waals surface area contributed by atoms with Crippen LogP contribution in [0.25, 0.3) is 0 Å². The molecule has 18 heavy (non-hydrogen) atoms. The minimum Gasteiger partial charge on any atom is -0.377 e. The van der Waals surface area contributed by atoms with Gasteiger partial charge in [0, 0.05) is 7.11 Å². The molecule has 1 aliphatic heterocycles. The van der Waals surface area contributed by atoms with Gasteiger partial charge >= 0.3 is 0 Å².